The summed E-state index contributed by atoms with van der Waals surface area (Å²) in [5, 5.41) is 20.2. The number of imidazole rings is 1. The number of carbonyl (C=O) groups excluding carboxylic acids is 1. The molecule has 0 amide bonds. The van der Waals surface area contributed by atoms with Gasteiger partial charge in [-0.2, -0.15) is 0 Å². The van der Waals surface area contributed by atoms with Crippen LogP contribution in [0.3, 0.4) is 0 Å². The van der Waals surface area contributed by atoms with Gasteiger partial charge < -0.3 is 25.5 Å². The molecule has 0 radical (unpaired) electrons. The predicted molar refractivity (Wildman–Crippen MR) is 175 cm³/mol. The van der Waals surface area contributed by atoms with Crippen LogP contribution in [0.2, 0.25) is 0 Å². The van der Waals surface area contributed by atoms with Crippen molar-refractivity contribution in [3.05, 3.63) is 18.2 Å². The number of aromatic nitrogens is 2. The average molecular weight is 611 g/mol. The molecule has 5 aliphatic rings. The quantitative estimate of drug-likeness (QED) is 0.216. The van der Waals surface area contributed by atoms with Gasteiger partial charge in [0.25, 0.3) is 0 Å². The maximum absolute atomic E-state index is 13.0. The highest BCUT2D eigenvalue weighted by Gasteiger charge is 2.67. The molecule has 0 bridgehead atoms. The summed E-state index contributed by atoms with van der Waals surface area (Å²) in [6.07, 6.45) is 18.8. The molecule has 0 unspecified atom stereocenters. The third-order valence-electron chi connectivity index (χ3n) is 14.0. The number of aromatic amines is 1. The van der Waals surface area contributed by atoms with Gasteiger partial charge in [0.15, 0.2) is 0 Å². The maximum atomic E-state index is 13.0. The van der Waals surface area contributed by atoms with Crippen molar-refractivity contribution in [2.45, 2.75) is 148 Å². The normalized spacial score (nSPS) is 42.5. The molecular formula is C37H62N4O3. The van der Waals surface area contributed by atoms with E-state index in [1.54, 1.807) is 6.33 Å². The zero-order valence-electron chi connectivity index (χ0n) is 28.4. The molecule has 2 heterocycles. The lowest BCUT2D eigenvalue weighted by atomic mass is 9.42. The van der Waals surface area contributed by atoms with Crippen molar-refractivity contribution in [2.24, 2.45) is 46.3 Å². The van der Waals surface area contributed by atoms with Crippen molar-refractivity contribution in [2.75, 3.05) is 13.1 Å². The van der Waals surface area contributed by atoms with E-state index in [1.165, 1.54) is 44.9 Å². The van der Waals surface area contributed by atoms with Gasteiger partial charge in [-0.3, -0.25) is 4.79 Å². The van der Waals surface area contributed by atoms with Crippen LogP contribution < -0.4 is 10.6 Å². The lowest BCUT2D eigenvalue weighted by Crippen LogP contribution is -2.71. The van der Waals surface area contributed by atoms with Crippen LogP contribution in [-0.2, 0) is 16.0 Å². The molecule has 4 saturated carbocycles. The molecule has 11 atom stereocenters. The first-order chi connectivity index (χ1) is 21.0. The fourth-order valence-electron chi connectivity index (χ4n) is 11.6. The number of nitrogens with one attached hydrogen (secondary N) is 3. The van der Waals surface area contributed by atoms with E-state index in [0.29, 0.717) is 23.7 Å². The summed E-state index contributed by atoms with van der Waals surface area (Å²) in [5.41, 5.74) is 0.449. The lowest BCUT2D eigenvalue weighted by Gasteiger charge is -2.66. The highest BCUT2D eigenvalue weighted by Crippen LogP contribution is 2.69. The van der Waals surface area contributed by atoms with Crippen molar-refractivity contribution in [3.63, 3.8) is 0 Å². The van der Waals surface area contributed by atoms with Crippen molar-refractivity contribution < 1.29 is 14.6 Å². The van der Waals surface area contributed by atoms with Gasteiger partial charge in [0.05, 0.1) is 11.9 Å². The Kier molecular flexibility index (Phi) is 9.59. The van der Waals surface area contributed by atoms with E-state index < -0.39 is 5.60 Å². The largest absolute Gasteiger partial charge is 0.461 e. The van der Waals surface area contributed by atoms with E-state index in [1.807, 2.05) is 6.20 Å². The minimum Gasteiger partial charge on any atom is -0.461 e. The zero-order valence-corrected chi connectivity index (χ0v) is 28.4. The fraction of sp³-hybridized carbons (Fsp3) is 0.892. The minimum atomic E-state index is -0.898. The third-order valence-corrected chi connectivity index (χ3v) is 14.0. The van der Waals surface area contributed by atoms with Gasteiger partial charge in [0, 0.05) is 42.7 Å². The minimum absolute atomic E-state index is 0.00681. The highest BCUT2D eigenvalue weighted by molar-refractivity contribution is 5.76. The molecule has 44 heavy (non-hydrogen) atoms. The Hall–Kier alpha value is -1.44. The number of fused-ring (bicyclic) bond motifs is 5. The number of carbonyl (C=O) groups is 1. The monoisotopic (exact) mass is 610 g/mol. The van der Waals surface area contributed by atoms with E-state index in [9.17, 15) is 9.90 Å². The summed E-state index contributed by atoms with van der Waals surface area (Å²) >= 11 is 0. The van der Waals surface area contributed by atoms with Crippen LogP contribution in [-0.4, -0.2) is 57.9 Å². The molecule has 4 aliphatic carbocycles. The van der Waals surface area contributed by atoms with Gasteiger partial charge in [0.1, 0.15) is 12.1 Å². The van der Waals surface area contributed by atoms with E-state index in [-0.39, 0.29) is 29.6 Å². The van der Waals surface area contributed by atoms with Crippen LogP contribution in [0, 0.1) is 46.3 Å². The fourth-order valence-corrected chi connectivity index (χ4v) is 11.6. The number of esters is 1. The summed E-state index contributed by atoms with van der Waals surface area (Å²) in [6.45, 7) is 14.0. The smallest absolute Gasteiger partial charge is 0.323 e. The third kappa shape index (κ3) is 5.92. The van der Waals surface area contributed by atoms with Crippen molar-refractivity contribution >= 4 is 5.97 Å². The zero-order chi connectivity index (χ0) is 31.1. The lowest BCUT2D eigenvalue weighted by molar-refractivity contribution is -0.237. The molecule has 1 aliphatic heterocycles. The highest BCUT2D eigenvalue weighted by atomic mass is 16.5. The Morgan fingerprint density at radius 3 is 2.68 bits per heavy atom. The summed E-state index contributed by atoms with van der Waals surface area (Å²) in [5.74, 6) is 4.19. The topological polar surface area (TPSA) is 99.3 Å². The van der Waals surface area contributed by atoms with Crippen LogP contribution in [0.4, 0.5) is 0 Å². The molecule has 5 fully saturated rings. The number of aliphatic hydroxyl groups is 1. The number of hydrogen-bond acceptors (Lipinski definition) is 6. The van der Waals surface area contributed by atoms with Crippen molar-refractivity contribution in [1.82, 2.24) is 20.6 Å². The van der Waals surface area contributed by atoms with Gasteiger partial charge in [-0.1, -0.05) is 53.9 Å². The van der Waals surface area contributed by atoms with Crippen LogP contribution in [0.15, 0.2) is 12.5 Å². The van der Waals surface area contributed by atoms with E-state index in [2.05, 4.69) is 55.2 Å². The molecule has 248 valence electrons. The Bertz CT molecular complexity index is 1100. The van der Waals surface area contributed by atoms with Gasteiger partial charge in [-0.15, -0.1) is 0 Å². The summed E-state index contributed by atoms with van der Waals surface area (Å²) in [7, 11) is 0. The van der Waals surface area contributed by atoms with Gasteiger partial charge in [-0.05, 0) is 105 Å². The first kappa shape index (κ1) is 32.5. The molecule has 7 heteroatoms. The van der Waals surface area contributed by atoms with E-state index >= 15 is 0 Å². The second-order valence-electron chi connectivity index (χ2n) is 16.8. The summed E-state index contributed by atoms with van der Waals surface area (Å²) < 4.78 is 6.15. The van der Waals surface area contributed by atoms with E-state index in [4.69, 9.17) is 4.74 Å². The molecule has 6 rings (SSSR count). The Balaban J connectivity index is 1.21. The molecule has 0 aromatic carbocycles. The second-order valence-corrected chi connectivity index (χ2v) is 16.8. The SMILES string of the molecule is CC(C)CCC[C@@H](C)[C@H]1CC[C@H]2[C@@H]3C[C@@H](NCCc4cnc[nH]4)[C@@]4(O)C[C@@H](OC(=O)[C@@H]5CCCN5)CC[C@]4(C)[C@H]3CC[C@]12C. The van der Waals surface area contributed by atoms with Crippen molar-refractivity contribution in [1.29, 1.82) is 0 Å². The van der Waals surface area contributed by atoms with Gasteiger partial charge in [0.2, 0.25) is 0 Å². The molecule has 7 nitrogen and oxygen atoms in total. The number of ether oxygens (including phenoxy) is 1. The Labute approximate surface area is 266 Å². The first-order valence-corrected chi connectivity index (χ1v) is 18.4. The molecule has 0 spiro atoms. The van der Waals surface area contributed by atoms with Gasteiger partial charge >= 0.3 is 5.97 Å². The molecule has 1 saturated heterocycles. The Morgan fingerprint density at radius 1 is 1.11 bits per heavy atom. The number of H-pyrrole nitrogens is 1. The van der Waals surface area contributed by atoms with Crippen LogP contribution in [0.5, 0.6) is 0 Å². The molecule has 1 aromatic rings. The van der Waals surface area contributed by atoms with E-state index in [0.717, 1.165) is 81.0 Å². The number of rotatable bonds is 11. The molecule has 4 N–H and O–H groups in total. The first-order valence-electron chi connectivity index (χ1n) is 18.4. The van der Waals surface area contributed by atoms with Crippen LogP contribution in [0.1, 0.15) is 124 Å². The summed E-state index contributed by atoms with van der Waals surface area (Å²) in [6, 6.07) is -0.191. The van der Waals surface area contributed by atoms with Crippen molar-refractivity contribution in [3.8, 4) is 0 Å². The summed E-state index contributed by atoms with van der Waals surface area (Å²) in [4.78, 5) is 20.5. The Morgan fingerprint density at radius 2 is 1.95 bits per heavy atom. The van der Waals surface area contributed by atoms with Crippen LogP contribution >= 0.6 is 0 Å². The van der Waals surface area contributed by atoms with Crippen LogP contribution in [0.25, 0.3) is 0 Å². The molecule has 1 aromatic heterocycles. The number of nitrogens with zero attached hydrogens (tertiary/aromatic N) is 1. The number of hydrogen-bond donors (Lipinski definition) is 4. The average Bonchev–Trinajstić information content (AvgIpc) is 3.75. The van der Waals surface area contributed by atoms with Gasteiger partial charge in [-0.25, -0.2) is 4.98 Å². The molecular weight excluding hydrogens is 548 g/mol. The predicted octanol–water partition coefficient (Wildman–Crippen LogP) is 6.42. The standard InChI is InChI=1S/C37H62N4O3/c1-24(2)8-6-9-25(3)29-11-12-30-28-20-33(40-19-15-26-22-38-23-41-26)37(43)21-27(44-34(42)32-10-7-18-39-32)13-17-36(37,5)31(28)14-16-35(29,30)4/h22-25,27-33,39-40,43H,6-21H2,1-5H3,(H,38,41)/t25-,27+,28+,29-,30+,31+,32+,33-,35-,36-,37+/m1/s1. The maximum Gasteiger partial charge on any atom is 0.323 e. The second kappa shape index (κ2) is 13.0.